The summed E-state index contributed by atoms with van der Waals surface area (Å²) in [5.74, 6) is -2.13. The molecule has 4 aliphatic rings. The molecule has 9 rings (SSSR count). The van der Waals surface area contributed by atoms with E-state index in [1.54, 1.807) is 23.1 Å². The molecule has 388 valence electrons. The number of amides is 2. The van der Waals surface area contributed by atoms with Crippen molar-refractivity contribution in [3.05, 3.63) is 166 Å². The van der Waals surface area contributed by atoms with Crippen LogP contribution in [-0.4, -0.2) is 82.5 Å². The number of benzene rings is 5. The van der Waals surface area contributed by atoms with E-state index in [0.29, 0.717) is 55.9 Å². The molecular weight excluding hydrogens is 945 g/mol. The number of carbonyl (C=O) groups excluding carboxylic acids is 2. The van der Waals surface area contributed by atoms with E-state index >= 15 is 4.79 Å². The maximum Gasteiger partial charge on any atom is 0.416 e. The quantitative estimate of drug-likeness (QED) is 0.0272. The number of fused-ring (bicyclic) bond motifs is 3. The van der Waals surface area contributed by atoms with E-state index in [1.165, 1.54) is 24.3 Å². The average molecular weight is 1010 g/mol. The van der Waals surface area contributed by atoms with Gasteiger partial charge in [-0.15, -0.1) is 6.58 Å². The highest BCUT2D eigenvalue weighted by atomic mass is 16.8. The molecule has 0 radical (unpaired) electrons. The lowest BCUT2D eigenvalue weighted by molar-refractivity contribution is -0.384. The molecule has 2 aliphatic heterocycles. The first-order chi connectivity index (χ1) is 36.2. The summed E-state index contributed by atoms with van der Waals surface area (Å²) in [6.45, 7) is 4.93. The molecule has 0 aromatic heterocycles. The molecule has 0 bridgehead atoms. The smallest absolute Gasteiger partial charge is 0.416 e. The molecule has 5 aromatic rings. The molecule has 7 atom stereocenters. The Morgan fingerprint density at radius 2 is 1.65 bits per heavy atom. The Balaban J connectivity index is 1.23. The van der Waals surface area contributed by atoms with E-state index in [9.17, 15) is 25.1 Å². The summed E-state index contributed by atoms with van der Waals surface area (Å²) in [6.07, 6.45) is 8.41. The van der Waals surface area contributed by atoms with Crippen molar-refractivity contribution in [2.45, 2.75) is 101 Å². The molecule has 16 nitrogen and oxygen atoms in total. The molecule has 1 saturated heterocycles. The van der Waals surface area contributed by atoms with Crippen molar-refractivity contribution in [2.75, 3.05) is 26.4 Å². The van der Waals surface area contributed by atoms with Crippen LogP contribution >= 0.6 is 0 Å². The highest BCUT2D eigenvalue weighted by molar-refractivity contribution is 6.03. The van der Waals surface area contributed by atoms with Gasteiger partial charge in [-0.05, 0) is 108 Å². The maximum atomic E-state index is 15.4. The monoisotopic (exact) mass is 1010 g/mol. The van der Waals surface area contributed by atoms with Crippen molar-refractivity contribution in [2.24, 2.45) is 22.9 Å². The molecular formula is C58H64N4O12. The first kappa shape index (κ1) is 51.8. The van der Waals surface area contributed by atoms with Gasteiger partial charge in [0.2, 0.25) is 12.1 Å². The number of aliphatic hydroxyl groups excluding tert-OH is 2. The molecule has 7 unspecified atom stereocenters. The van der Waals surface area contributed by atoms with Crippen LogP contribution < -0.4 is 19.5 Å². The summed E-state index contributed by atoms with van der Waals surface area (Å²) < 4.78 is 32.9. The van der Waals surface area contributed by atoms with Crippen LogP contribution in [0.15, 0.2) is 145 Å². The van der Waals surface area contributed by atoms with E-state index < -0.39 is 47.1 Å². The van der Waals surface area contributed by atoms with Gasteiger partial charge in [0.25, 0.3) is 5.69 Å². The van der Waals surface area contributed by atoms with Crippen molar-refractivity contribution in [1.82, 2.24) is 10.2 Å². The van der Waals surface area contributed by atoms with Crippen molar-refractivity contribution in [3.63, 3.8) is 0 Å². The predicted molar refractivity (Wildman–Crippen MR) is 278 cm³/mol. The average Bonchev–Trinajstić information content (AvgIpc) is 3.45. The van der Waals surface area contributed by atoms with Crippen LogP contribution in [0.25, 0.3) is 10.8 Å². The third kappa shape index (κ3) is 11.6. The molecule has 2 aliphatic carbocycles. The Kier molecular flexibility index (Phi) is 17.0. The highest BCUT2D eigenvalue weighted by Gasteiger charge is 2.66. The molecule has 16 heteroatoms. The zero-order valence-corrected chi connectivity index (χ0v) is 41.4. The molecule has 0 spiro atoms. The number of nitrogens with zero attached hydrogens (tertiary/aromatic N) is 3. The topological polar surface area (TPSA) is 201 Å². The number of rotatable bonds is 21. The Labute approximate surface area is 430 Å². The van der Waals surface area contributed by atoms with Crippen LogP contribution in [0.1, 0.15) is 86.8 Å². The Morgan fingerprint density at radius 1 is 0.892 bits per heavy atom. The van der Waals surface area contributed by atoms with Gasteiger partial charge in [-0.25, -0.2) is 9.59 Å². The lowest BCUT2D eigenvalue weighted by Gasteiger charge is -2.59. The van der Waals surface area contributed by atoms with Crippen LogP contribution in [0.3, 0.4) is 0 Å². The number of unbranched alkanes of at least 4 members (excludes halogenated alkanes) is 2. The van der Waals surface area contributed by atoms with Gasteiger partial charge in [-0.2, -0.15) is 0 Å². The summed E-state index contributed by atoms with van der Waals surface area (Å²) in [4.78, 5) is 48.0. The second-order valence-electron chi connectivity index (χ2n) is 19.3. The fraction of sp³-hybridized carbons (Fsp3) is 0.397. The number of ether oxygens (including phenoxy) is 5. The highest BCUT2D eigenvalue weighted by Crippen LogP contribution is 2.62. The van der Waals surface area contributed by atoms with Crippen LogP contribution in [0.4, 0.5) is 15.3 Å². The van der Waals surface area contributed by atoms with Gasteiger partial charge in [0.15, 0.2) is 0 Å². The van der Waals surface area contributed by atoms with Crippen molar-refractivity contribution < 1.29 is 53.2 Å². The predicted octanol–water partition coefficient (Wildman–Crippen LogP) is 10.9. The number of nitro benzene ring substituents is 1. The van der Waals surface area contributed by atoms with Crippen molar-refractivity contribution in [1.29, 1.82) is 0 Å². The summed E-state index contributed by atoms with van der Waals surface area (Å²) in [5.41, 5.74) is 3.69. The fourth-order valence-corrected chi connectivity index (χ4v) is 11.3. The Hall–Kier alpha value is -7.11. The Morgan fingerprint density at radius 3 is 2.41 bits per heavy atom. The van der Waals surface area contributed by atoms with Gasteiger partial charge < -0.3 is 44.1 Å². The molecule has 1 saturated carbocycles. The summed E-state index contributed by atoms with van der Waals surface area (Å²) in [5, 5.41) is 41.6. The number of aliphatic hydroxyl groups is 2. The molecule has 74 heavy (non-hydrogen) atoms. The number of allylic oxidation sites excluding steroid dienone is 1. The third-order valence-electron chi connectivity index (χ3n) is 14.6. The number of nitro groups is 1. The van der Waals surface area contributed by atoms with Crippen LogP contribution in [0.5, 0.6) is 17.2 Å². The largest absolute Gasteiger partial charge is 0.459 e. The molecule has 3 N–H and O–H groups in total. The maximum absolute atomic E-state index is 15.4. The van der Waals surface area contributed by atoms with E-state index in [0.717, 1.165) is 58.7 Å². The standard InChI is InChI=1S/C58H64N4O12/c1-2-32-70-58-52(61(38-42-20-14-19-40-17-6-7-21-46(40)42)57(66)72-44-26-24-43(25-27-44)62(67)68)36-50(60-74-53-23-10-13-33-69-53)48-34-41(18-8-11-30-63)47(22-9-12-31-64)54(55(48)58)49-35-45(28-29-51(49)73-58)71-56(65)59-37-39-15-4-3-5-16-39/h2-7,14-17,19-21,24-29,34-35,41,47,52-55,63-64H,1,8-13,18,22-23,30-33,36-38H2,(H,59,65). The number of carbonyl (C=O) groups is 2. The molecule has 5 aromatic carbocycles. The summed E-state index contributed by atoms with van der Waals surface area (Å²) >= 11 is 0. The third-order valence-corrected chi connectivity index (χ3v) is 14.6. The number of nitrogens with one attached hydrogen (secondary N) is 1. The minimum Gasteiger partial charge on any atom is -0.459 e. The minimum absolute atomic E-state index is 0.0120. The van der Waals surface area contributed by atoms with E-state index in [1.807, 2.05) is 78.9 Å². The van der Waals surface area contributed by atoms with Crippen molar-refractivity contribution >= 4 is 34.4 Å². The van der Waals surface area contributed by atoms with Crippen LogP contribution in [-0.2, 0) is 27.4 Å². The summed E-state index contributed by atoms with van der Waals surface area (Å²) in [7, 11) is 0. The normalized spacial score (nSPS) is 23.3. The summed E-state index contributed by atoms with van der Waals surface area (Å²) in [6, 6.07) is 33.0. The number of oxime groups is 1. The Bertz CT molecular complexity index is 2810. The van der Waals surface area contributed by atoms with Gasteiger partial charge in [0, 0.05) is 56.2 Å². The number of hydrogen-bond acceptors (Lipinski definition) is 13. The van der Waals surface area contributed by atoms with Gasteiger partial charge >= 0.3 is 12.2 Å². The molecule has 2 heterocycles. The van der Waals surface area contributed by atoms with E-state index in [4.69, 9.17) is 33.7 Å². The van der Waals surface area contributed by atoms with Gasteiger partial charge in [-0.1, -0.05) is 103 Å². The second kappa shape index (κ2) is 24.3. The lowest BCUT2D eigenvalue weighted by atomic mass is 9.55. The van der Waals surface area contributed by atoms with Crippen LogP contribution in [0, 0.1) is 27.9 Å². The molecule has 2 fully saturated rings. The zero-order valence-electron chi connectivity index (χ0n) is 41.4. The number of non-ortho nitro benzene ring substituents is 1. The van der Waals surface area contributed by atoms with E-state index in [2.05, 4.69) is 18.0 Å². The van der Waals surface area contributed by atoms with Crippen molar-refractivity contribution in [3.8, 4) is 17.2 Å². The van der Waals surface area contributed by atoms with Gasteiger partial charge in [-0.3, -0.25) is 15.0 Å². The van der Waals surface area contributed by atoms with Gasteiger partial charge in [0.1, 0.15) is 23.3 Å². The second-order valence-corrected chi connectivity index (χ2v) is 19.3. The fourth-order valence-electron chi connectivity index (χ4n) is 11.3. The first-order valence-corrected chi connectivity index (χ1v) is 25.7. The lowest BCUT2D eigenvalue weighted by Crippen LogP contribution is -2.70. The first-order valence-electron chi connectivity index (χ1n) is 25.7. The van der Waals surface area contributed by atoms with E-state index in [-0.39, 0.29) is 62.6 Å². The number of hydrogen-bond donors (Lipinski definition) is 3. The van der Waals surface area contributed by atoms with Gasteiger partial charge in [0.05, 0.1) is 36.3 Å². The van der Waals surface area contributed by atoms with Crippen LogP contribution in [0.2, 0.25) is 0 Å². The zero-order chi connectivity index (χ0) is 51.4. The minimum atomic E-state index is -1.67. The SMILES string of the molecule is C=CCOC12Oc3ccc(OC(=O)NCc4ccccc4)cc3C3C(CCCCO)C(CCCCO)C=C(C(=NOC4CCCCO4)CC1N(Cc1cccc4ccccc14)C(=O)Oc1ccc([N+](=O)[O-])cc1)C32. The molecule has 2 amide bonds.